The number of aryl methyl sites for hydroxylation is 1. The lowest BCUT2D eigenvalue weighted by Gasteiger charge is -2.10. The van der Waals surface area contributed by atoms with Crippen LogP contribution in [-0.2, 0) is 0 Å². The van der Waals surface area contributed by atoms with Crippen LogP contribution in [0.3, 0.4) is 0 Å². The van der Waals surface area contributed by atoms with E-state index in [1.807, 2.05) is 19.1 Å². The zero-order chi connectivity index (χ0) is 14.0. The third-order valence-corrected chi connectivity index (χ3v) is 3.36. The molecule has 2 rings (SSSR count). The van der Waals surface area contributed by atoms with Crippen molar-refractivity contribution in [3.63, 3.8) is 0 Å². The molecule has 0 spiro atoms. The fourth-order valence-electron chi connectivity index (χ4n) is 1.52. The third kappa shape index (κ3) is 3.06. The normalized spacial score (nSPS) is 10.1. The molecule has 0 unspecified atom stereocenters. The molecule has 0 bridgehead atoms. The van der Waals surface area contributed by atoms with Gasteiger partial charge < -0.3 is 4.74 Å². The molecule has 0 aliphatic rings. The highest BCUT2D eigenvalue weighted by atomic mass is 79.9. The van der Waals surface area contributed by atoms with Crippen molar-refractivity contribution in [2.45, 2.75) is 6.92 Å². The Labute approximate surface area is 123 Å². The minimum Gasteiger partial charge on any atom is -0.455 e. The maximum atomic E-state index is 13.4. The second kappa shape index (κ2) is 5.60. The van der Waals surface area contributed by atoms with Crippen LogP contribution in [0.1, 0.15) is 11.1 Å². The Bertz CT molecular complexity index is 682. The van der Waals surface area contributed by atoms with E-state index in [1.54, 1.807) is 12.1 Å². The van der Waals surface area contributed by atoms with Crippen molar-refractivity contribution in [2.24, 2.45) is 0 Å². The highest BCUT2D eigenvalue weighted by Gasteiger charge is 2.11. The summed E-state index contributed by atoms with van der Waals surface area (Å²) >= 11 is 8.90. The van der Waals surface area contributed by atoms with Crippen LogP contribution in [-0.4, -0.2) is 0 Å². The number of nitrogens with zero attached hydrogens (tertiary/aromatic N) is 1. The molecule has 96 valence electrons. The minimum atomic E-state index is -0.578. The van der Waals surface area contributed by atoms with Gasteiger partial charge in [0.15, 0.2) is 0 Å². The highest BCUT2D eigenvalue weighted by Crippen LogP contribution is 2.35. The number of ether oxygens (including phenoxy) is 1. The number of rotatable bonds is 2. The van der Waals surface area contributed by atoms with Gasteiger partial charge in [0, 0.05) is 6.07 Å². The van der Waals surface area contributed by atoms with E-state index in [1.165, 1.54) is 12.1 Å². The van der Waals surface area contributed by atoms with Crippen LogP contribution in [0.15, 0.2) is 34.8 Å². The molecule has 0 N–H and O–H groups in total. The molecule has 0 aliphatic heterocycles. The Morgan fingerprint density at radius 2 is 2.00 bits per heavy atom. The molecule has 0 fully saturated rings. The van der Waals surface area contributed by atoms with E-state index in [-0.39, 0.29) is 10.8 Å². The lowest BCUT2D eigenvalue weighted by molar-refractivity contribution is 0.472. The lowest BCUT2D eigenvalue weighted by Crippen LogP contribution is -1.91. The Hall–Kier alpha value is -1.57. The zero-order valence-electron chi connectivity index (χ0n) is 9.88. The van der Waals surface area contributed by atoms with E-state index >= 15 is 0 Å². The molecule has 0 heterocycles. The highest BCUT2D eigenvalue weighted by molar-refractivity contribution is 9.10. The molecule has 0 saturated heterocycles. The van der Waals surface area contributed by atoms with Crippen LogP contribution in [0.4, 0.5) is 4.39 Å². The van der Waals surface area contributed by atoms with Crippen molar-refractivity contribution in [3.8, 4) is 17.6 Å². The van der Waals surface area contributed by atoms with E-state index in [2.05, 4.69) is 15.9 Å². The standard InChI is InChI=1S/C14H8BrClFNO/c1-8-2-3-13(9(4-8)7-18)19-14-6-12(17)11(16)5-10(14)15/h2-6H,1H3. The third-order valence-electron chi connectivity index (χ3n) is 2.45. The topological polar surface area (TPSA) is 33.0 Å². The second-order valence-corrected chi connectivity index (χ2v) is 5.17. The van der Waals surface area contributed by atoms with Crippen LogP contribution >= 0.6 is 27.5 Å². The van der Waals surface area contributed by atoms with Gasteiger partial charge in [-0.25, -0.2) is 4.39 Å². The summed E-state index contributed by atoms with van der Waals surface area (Å²) in [5.74, 6) is 0.0586. The Morgan fingerprint density at radius 3 is 2.68 bits per heavy atom. The number of hydrogen-bond donors (Lipinski definition) is 0. The molecule has 0 aromatic heterocycles. The SMILES string of the molecule is Cc1ccc(Oc2cc(F)c(Cl)cc2Br)c(C#N)c1. The van der Waals surface area contributed by atoms with Gasteiger partial charge in [-0.15, -0.1) is 0 Å². The largest absolute Gasteiger partial charge is 0.455 e. The van der Waals surface area contributed by atoms with Gasteiger partial charge in [-0.05, 0) is 46.6 Å². The maximum Gasteiger partial charge on any atom is 0.145 e. The molecule has 2 aromatic carbocycles. The van der Waals surface area contributed by atoms with E-state index in [0.29, 0.717) is 15.8 Å². The van der Waals surface area contributed by atoms with Crippen molar-refractivity contribution in [1.29, 1.82) is 5.26 Å². The summed E-state index contributed by atoms with van der Waals surface area (Å²) in [6, 6.07) is 9.82. The van der Waals surface area contributed by atoms with Gasteiger partial charge in [-0.3, -0.25) is 0 Å². The second-order valence-electron chi connectivity index (χ2n) is 3.91. The van der Waals surface area contributed by atoms with E-state index in [9.17, 15) is 4.39 Å². The van der Waals surface area contributed by atoms with E-state index in [4.69, 9.17) is 21.6 Å². The van der Waals surface area contributed by atoms with Crippen molar-refractivity contribution in [3.05, 3.63) is 56.8 Å². The fourth-order valence-corrected chi connectivity index (χ4v) is 2.24. The smallest absolute Gasteiger partial charge is 0.145 e. The summed E-state index contributed by atoms with van der Waals surface area (Å²) in [4.78, 5) is 0. The minimum absolute atomic E-state index is 0.00337. The number of hydrogen-bond acceptors (Lipinski definition) is 2. The summed E-state index contributed by atoms with van der Waals surface area (Å²) in [7, 11) is 0. The lowest BCUT2D eigenvalue weighted by atomic mass is 10.1. The molecule has 2 nitrogen and oxygen atoms in total. The van der Waals surface area contributed by atoms with Gasteiger partial charge >= 0.3 is 0 Å². The monoisotopic (exact) mass is 339 g/mol. The van der Waals surface area contributed by atoms with Crippen LogP contribution in [0.5, 0.6) is 11.5 Å². The fraction of sp³-hybridized carbons (Fsp3) is 0.0714. The molecule has 0 atom stereocenters. The molecule has 0 aliphatic carbocycles. The summed E-state index contributed by atoms with van der Waals surface area (Å²) in [5, 5.41) is 9.06. The summed E-state index contributed by atoms with van der Waals surface area (Å²) in [6.45, 7) is 1.88. The van der Waals surface area contributed by atoms with Gasteiger partial charge in [-0.1, -0.05) is 17.7 Å². The number of benzene rings is 2. The molecule has 0 saturated carbocycles. The quantitative estimate of drug-likeness (QED) is 0.703. The van der Waals surface area contributed by atoms with Crippen LogP contribution in [0, 0.1) is 24.1 Å². The van der Waals surface area contributed by atoms with Gasteiger partial charge in [-0.2, -0.15) is 5.26 Å². The van der Waals surface area contributed by atoms with Gasteiger partial charge in [0.25, 0.3) is 0 Å². The van der Waals surface area contributed by atoms with E-state index in [0.717, 1.165) is 5.56 Å². The molecule has 19 heavy (non-hydrogen) atoms. The number of nitriles is 1. The van der Waals surface area contributed by atoms with Gasteiger partial charge in [0.05, 0.1) is 15.1 Å². The van der Waals surface area contributed by atoms with Crippen LogP contribution < -0.4 is 4.74 Å². The molecular weight excluding hydrogens is 333 g/mol. The summed E-state index contributed by atoms with van der Waals surface area (Å²) in [6.07, 6.45) is 0. The Morgan fingerprint density at radius 1 is 1.26 bits per heavy atom. The van der Waals surface area contributed by atoms with Crippen molar-refractivity contribution >= 4 is 27.5 Å². The summed E-state index contributed by atoms with van der Waals surface area (Å²) < 4.78 is 19.5. The molecule has 5 heteroatoms. The predicted octanol–water partition coefficient (Wildman–Crippen LogP) is 5.21. The first kappa shape index (κ1) is 13.9. The first-order valence-corrected chi connectivity index (χ1v) is 6.51. The summed E-state index contributed by atoms with van der Waals surface area (Å²) in [5.41, 5.74) is 1.34. The predicted molar refractivity (Wildman–Crippen MR) is 75.1 cm³/mol. The molecule has 0 radical (unpaired) electrons. The first-order valence-electron chi connectivity index (χ1n) is 5.34. The van der Waals surface area contributed by atoms with Gasteiger partial charge in [0.1, 0.15) is 23.4 Å². The Kier molecular flexibility index (Phi) is 4.08. The number of halogens is 3. The van der Waals surface area contributed by atoms with Crippen LogP contribution in [0.25, 0.3) is 0 Å². The first-order chi connectivity index (χ1) is 9.01. The van der Waals surface area contributed by atoms with E-state index < -0.39 is 5.82 Å². The molecule has 2 aromatic rings. The average Bonchev–Trinajstić information content (AvgIpc) is 2.37. The Balaban J connectivity index is 2.42. The average molecular weight is 341 g/mol. The van der Waals surface area contributed by atoms with Crippen molar-refractivity contribution in [2.75, 3.05) is 0 Å². The zero-order valence-corrected chi connectivity index (χ0v) is 12.2. The van der Waals surface area contributed by atoms with Gasteiger partial charge in [0.2, 0.25) is 0 Å². The molecule has 0 amide bonds. The van der Waals surface area contributed by atoms with Crippen LogP contribution in [0.2, 0.25) is 5.02 Å². The molecular formula is C14H8BrClFNO. The maximum absolute atomic E-state index is 13.4. The van der Waals surface area contributed by atoms with Crippen molar-refractivity contribution < 1.29 is 9.13 Å². The van der Waals surface area contributed by atoms with Crippen molar-refractivity contribution in [1.82, 2.24) is 0 Å².